The lowest BCUT2D eigenvalue weighted by Crippen LogP contribution is -2.39. The van der Waals surface area contributed by atoms with Gasteiger partial charge in [0.25, 0.3) is 0 Å². The molecule has 0 aromatic carbocycles. The number of carbonyl (C=O) groups is 1. The van der Waals surface area contributed by atoms with Gasteiger partial charge in [-0.25, -0.2) is 0 Å². The highest BCUT2D eigenvalue weighted by Gasteiger charge is 2.34. The van der Waals surface area contributed by atoms with Gasteiger partial charge in [0.2, 0.25) is 5.91 Å². The Morgan fingerprint density at radius 1 is 1.40 bits per heavy atom. The molecule has 1 saturated carbocycles. The molecule has 2 unspecified atom stereocenters. The molecule has 3 N–H and O–H groups in total. The maximum atomic E-state index is 11.8. The molecule has 1 amide bonds. The summed E-state index contributed by atoms with van der Waals surface area (Å²) in [5, 5.41) is 1.91. The van der Waals surface area contributed by atoms with Gasteiger partial charge < -0.3 is 11.1 Å². The molecular weight excluding hydrogens is 209 g/mol. The summed E-state index contributed by atoms with van der Waals surface area (Å²) >= 11 is 0. The van der Waals surface area contributed by atoms with E-state index in [0.717, 1.165) is 12.8 Å². The van der Waals surface area contributed by atoms with Crippen molar-refractivity contribution in [3.05, 3.63) is 0 Å². The van der Waals surface area contributed by atoms with Crippen LogP contribution in [0.5, 0.6) is 0 Å². The third-order valence-corrected chi connectivity index (χ3v) is 2.76. The summed E-state index contributed by atoms with van der Waals surface area (Å²) in [6, 6.07) is 0. The van der Waals surface area contributed by atoms with E-state index in [0.29, 0.717) is 13.0 Å². The second kappa shape index (κ2) is 4.83. The molecule has 6 heteroatoms. The number of rotatable bonds is 3. The minimum absolute atomic E-state index is 0.0400. The van der Waals surface area contributed by atoms with Crippen LogP contribution < -0.4 is 11.1 Å². The largest absolute Gasteiger partial charge is 0.405 e. The maximum Gasteiger partial charge on any atom is 0.405 e. The van der Waals surface area contributed by atoms with Gasteiger partial charge in [-0.05, 0) is 25.3 Å². The van der Waals surface area contributed by atoms with E-state index >= 15 is 0 Å². The lowest BCUT2D eigenvalue weighted by Gasteiger charge is -2.17. The second-order valence-electron chi connectivity index (χ2n) is 3.87. The monoisotopic (exact) mass is 224 g/mol. The average molecular weight is 224 g/mol. The van der Waals surface area contributed by atoms with E-state index in [-0.39, 0.29) is 11.8 Å². The van der Waals surface area contributed by atoms with Gasteiger partial charge in [0, 0.05) is 5.92 Å². The minimum Gasteiger partial charge on any atom is -0.347 e. The molecule has 3 nitrogen and oxygen atoms in total. The predicted molar refractivity (Wildman–Crippen MR) is 49.0 cm³/mol. The van der Waals surface area contributed by atoms with Gasteiger partial charge in [-0.3, -0.25) is 4.79 Å². The SMILES string of the molecule is NCC1CCCC1C(=O)NCC(F)(F)F. The van der Waals surface area contributed by atoms with E-state index in [9.17, 15) is 18.0 Å². The van der Waals surface area contributed by atoms with Crippen molar-refractivity contribution in [2.24, 2.45) is 17.6 Å². The number of carbonyl (C=O) groups excluding carboxylic acids is 1. The van der Waals surface area contributed by atoms with Crippen molar-refractivity contribution in [2.75, 3.05) is 13.1 Å². The van der Waals surface area contributed by atoms with Crippen LogP contribution in [0.25, 0.3) is 0 Å². The summed E-state index contributed by atoms with van der Waals surface area (Å²) in [7, 11) is 0. The zero-order valence-corrected chi connectivity index (χ0v) is 8.31. The number of nitrogens with one attached hydrogen (secondary N) is 1. The minimum atomic E-state index is -4.34. The molecule has 0 spiro atoms. The molecule has 0 saturated heterocycles. The van der Waals surface area contributed by atoms with Crippen molar-refractivity contribution in [2.45, 2.75) is 25.4 Å². The zero-order chi connectivity index (χ0) is 11.5. The quantitative estimate of drug-likeness (QED) is 0.752. The standard InChI is InChI=1S/C9H15F3N2O/c10-9(11,12)5-14-8(15)7-3-1-2-6(7)4-13/h6-7H,1-5,13H2,(H,14,15). The van der Waals surface area contributed by atoms with Gasteiger partial charge in [-0.2, -0.15) is 13.2 Å². The van der Waals surface area contributed by atoms with Crippen LogP contribution in [-0.2, 0) is 4.79 Å². The van der Waals surface area contributed by atoms with E-state index in [2.05, 4.69) is 0 Å². The van der Waals surface area contributed by atoms with Crippen molar-refractivity contribution < 1.29 is 18.0 Å². The molecule has 1 aliphatic rings. The number of hydrogen-bond acceptors (Lipinski definition) is 2. The van der Waals surface area contributed by atoms with Crippen LogP contribution in [0.2, 0.25) is 0 Å². The number of alkyl halides is 3. The fraction of sp³-hybridized carbons (Fsp3) is 0.889. The Balaban J connectivity index is 2.40. The van der Waals surface area contributed by atoms with E-state index in [1.54, 1.807) is 0 Å². The molecule has 1 rings (SSSR count). The molecule has 0 aromatic heterocycles. The second-order valence-corrected chi connectivity index (χ2v) is 3.87. The molecule has 15 heavy (non-hydrogen) atoms. The molecule has 0 radical (unpaired) electrons. The summed E-state index contributed by atoms with van der Waals surface area (Å²) < 4.78 is 35.5. The fourth-order valence-electron chi connectivity index (χ4n) is 1.98. The van der Waals surface area contributed by atoms with Crippen molar-refractivity contribution in [1.29, 1.82) is 0 Å². The van der Waals surface area contributed by atoms with Crippen LogP contribution in [0.1, 0.15) is 19.3 Å². The van der Waals surface area contributed by atoms with Gasteiger partial charge in [0.1, 0.15) is 6.54 Å². The van der Waals surface area contributed by atoms with Gasteiger partial charge in [0.15, 0.2) is 0 Å². The molecule has 88 valence electrons. The summed E-state index contributed by atoms with van der Waals surface area (Å²) in [4.78, 5) is 11.4. The predicted octanol–water partition coefficient (Wildman–Crippen LogP) is 1.04. The van der Waals surface area contributed by atoms with E-state index in [1.165, 1.54) is 0 Å². The van der Waals surface area contributed by atoms with Crippen LogP contribution in [-0.4, -0.2) is 25.2 Å². The summed E-state index contributed by atoms with van der Waals surface area (Å²) in [5.41, 5.74) is 5.44. The first kappa shape index (κ1) is 12.3. The molecule has 2 atom stereocenters. The molecule has 0 heterocycles. The van der Waals surface area contributed by atoms with Gasteiger partial charge >= 0.3 is 6.18 Å². The number of hydrogen-bond donors (Lipinski definition) is 2. The molecule has 0 aliphatic heterocycles. The zero-order valence-electron chi connectivity index (χ0n) is 8.31. The van der Waals surface area contributed by atoms with E-state index in [1.807, 2.05) is 5.32 Å². The lowest BCUT2D eigenvalue weighted by atomic mass is 9.95. The Hall–Kier alpha value is -0.780. The van der Waals surface area contributed by atoms with Crippen molar-refractivity contribution >= 4 is 5.91 Å². The lowest BCUT2D eigenvalue weighted by molar-refractivity contribution is -0.141. The molecular formula is C9H15F3N2O. The number of halogens is 3. The highest BCUT2D eigenvalue weighted by atomic mass is 19.4. The molecule has 1 fully saturated rings. The Morgan fingerprint density at radius 3 is 2.60 bits per heavy atom. The Morgan fingerprint density at radius 2 is 2.07 bits per heavy atom. The van der Waals surface area contributed by atoms with Gasteiger partial charge in [-0.1, -0.05) is 6.42 Å². The van der Waals surface area contributed by atoms with Crippen LogP contribution in [0.4, 0.5) is 13.2 Å². The summed E-state index contributed by atoms with van der Waals surface area (Å²) in [5.74, 6) is -0.809. The van der Waals surface area contributed by atoms with Crippen LogP contribution >= 0.6 is 0 Å². The normalized spacial score (nSPS) is 26.7. The van der Waals surface area contributed by atoms with Crippen molar-refractivity contribution in [3.8, 4) is 0 Å². The van der Waals surface area contributed by atoms with Crippen molar-refractivity contribution in [3.63, 3.8) is 0 Å². The highest BCUT2D eigenvalue weighted by molar-refractivity contribution is 5.79. The van der Waals surface area contributed by atoms with Crippen LogP contribution in [0.15, 0.2) is 0 Å². The van der Waals surface area contributed by atoms with Gasteiger partial charge in [0.05, 0.1) is 0 Å². The Labute approximate surface area is 86.2 Å². The van der Waals surface area contributed by atoms with E-state index < -0.39 is 18.6 Å². The van der Waals surface area contributed by atoms with Gasteiger partial charge in [-0.15, -0.1) is 0 Å². The third-order valence-electron chi connectivity index (χ3n) is 2.76. The van der Waals surface area contributed by atoms with E-state index in [4.69, 9.17) is 5.73 Å². The first-order valence-corrected chi connectivity index (χ1v) is 4.98. The fourth-order valence-corrected chi connectivity index (χ4v) is 1.98. The summed E-state index contributed by atoms with van der Waals surface area (Å²) in [6.07, 6.45) is -2.00. The molecule has 0 bridgehead atoms. The average Bonchev–Trinajstić information content (AvgIpc) is 2.60. The maximum absolute atomic E-state index is 11.8. The summed E-state index contributed by atoms with van der Waals surface area (Å²) in [6.45, 7) is -0.885. The first-order valence-electron chi connectivity index (χ1n) is 4.98. The third kappa shape index (κ3) is 3.70. The first-order chi connectivity index (χ1) is 6.94. The van der Waals surface area contributed by atoms with Crippen LogP contribution in [0, 0.1) is 11.8 Å². The Kier molecular flexibility index (Phi) is 3.96. The number of nitrogens with two attached hydrogens (primary N) is 1. The number of amides is 1. The van der Waals surface area contributed by atoms with Crippen molar-refractivity contribution in [1.82, 2.24) is 5.32 Å². The Bertz CT molecular complexity index is 230. The smallest absolute Gasteiger partial charge is 0.347 e. The molecule has 1 aliphatic carbocycles. The highest BCUT2D eigenvalue weighted by Crippen LogP contribution is 2.31. The van der Waals surface area contributed by atoms with Crippen LogP contribution in [0.3, 0.4) is 0 Å². The molecule has 0 aromatic rings. The topological polar surface area (TPSA) is 55.1 Å².